The molecule has 0 fully saturated rings. The molecule has 0 spiro atoms. The Hall–Kier alpha value is -3.22. The number of rotatable bonds is 10. The number of hydrogen-bond donors (Lipinski definition) is 1. The number of carbonyl (C=O) groups is 2. The number of benzene rings is 2. The van der Waals surface area contributed by atoms with E-state index >= 15 is 0 Å². The molecule has 0 aliphatic carbocycles. The van der Waals surface area contributed by atoms with Gasteiger partial charge in [0, 0.05) is 0 Å². The first-order valence-corrected chi connectivity index (χ1v) is 9.49. The summed E-state index contributed by atoms with van der Waals surface area (Å²) in [5.41, 5.74) is 1.76. The van der Waals surface area contributed by atoms with Crippen molar-refractivity contribution in [2.24, 2.45) is 0 Å². The maximum absolute atomic E-state index is 12.3. The zero-order chi connectivity index (χ0) is 21.2. The molecule has 7 heteroatoms. The van der Waals surface area contributed by atoms with Gasteiger partial charge in [-0.15, -0.1) is 0 Å². The predicted molar refractivity (Wildman–Crippen MR) is 110 cm³/mol. The highest BCUT2D eigenvalue weighted by Gasteiger charge is 2.15. The largest absolute Gasteiger partial charge is 0.495 e. The van der Waals surface area contributed by atoms with Crippen molar-refractivity contribution < 1.29 is 28.5 Å². The van der Waals surface area contributed by atoms with Gasteiger partial charge in [-0.3, -0.25) is 4.79 Å². The minimum absolute atomic E-state index is 0.276. The molecule has 0 saturated carbocycles. The molecule has 0 unspecified atom stereocenters. The van der Waals surface area contributed by atoms with Crippen molar-refractivity contribution in [3.8, 4) is 17.2 Å². The number of anilines is 1. The van der Waals surface area contributed by atoms with Crippen LogP contribution in [0.2, 0.25) is 0 Å². The Morgan fingerprint density at radius 1 is 0.966 bits per heavy atom. The summed E-state index contributed by atoms with van der Waals surface area (Å²) in [4.78, 5) is 24.5. The maximum atomic E-state index is 12.3. The Morgan fingerprint density at radius 2 is 1.72 bits per heavy atom. The molecule has 7 nitrogen and oxygen atoms in total. The molecule has 2 aromatic carbocycles. The van der Waals surface area contributed by atoms with Gasteiger partial charge in [-0.1, -0.05) is 13.0 Å². The highest BCUT2D eigenvalue weighted by Crippen LogP contribution is 2.29. The van der Waals surface area contributed by atoms with Crippen molar-refractivity contribution in [1.29, 1.82) is 0 Å². The molecule has 0 aliphatic heterocycles. The maximum Gasteiger partial charge on any atom is 0.338 e. The van der Waals surface area contributed by atoms with Gasteiger partial charge in [0.2, 0.25) is 0 Å². The van der Waals surface area contributed by atoms with Crippen LogP contribution >= 0.6 is 0 Å². The topological polar surface area (TPSA) is 83.1 Å². The summed E-state index contributed by atoms with van der Waals surface area (Å²) in [7, 11) is 1.52. The van der Waals surface area contributed by atoms with Crippen LogP contribution < -0.4 is 19.5 Å². The van der Waals surface area contributed by atoms with Crippen LogP contribution in [0.3, 0.4) is 0 Å². The molecule has 0 saturated heterocycles. The Morgan fingerprint density at radius 3 is 2.41 bits per heavy atom. The quantitative estimate of drug-likeness (QED) is 0.606. The Kier molecular flexibility index (Phi) is 8.33. The van der Waals surface area contributed by atoms with Gasteiger partial charge in [0.05, 0.1) is 31.6 Å². The van der Waals surface area contributed by atoms with Gasteiger partial charge in [0.15, 0.2) is 18.1 Å². The summed E-state index contributed by atoms with van der Waals surface area (Å²) in [6, 6.07) is 10.2. The number of amides is 1. The molecule has 29 heavy (non-hydrogen) atoms. The molecule has 156 valence electrons. The number of esters is 1. The fourth-order valence-corrected chi connectivity index (χ4v) is 2.55. The molecule has 2 rings (SSSR count). The van der Waals surface area contributed by atoms with E-state index in [4.69, 9.17) is 18.9 Å². The lowest BCUT2D eigenvalue weighted by atomic mass is 10.2. The number of carbonyl (C=O) groups excluding carboxylic acids is 2. The lowest BCUT2D eigenvalue weighted by Crippen LogP contribution is -2.21. The monoisotopic (exact) mass is 401 g/mol. The summed E-state index contributed by atoms with van der Waals surface area (Å²) >= 11 is 0. The van der Waals surface area contributed by atoms with Gasteiger partial charge >= 0.3 is 5.97 Å². The fourth-order valence-electron chi connectivity index (χ4n) is 2.55. The molecule has 0 aromatic heterocycles. The average molecular weight is 401 g/mol. The van der Waals surface area contributed by atoms with Crippen LogP contribution in [0.25, 0.3) is 0 Å². The van der Waals surface area contributed by atoms with Crippen LogP contribution in [0.4, 0.5) is 5.69 Å². The van der Waals surface area contributed by atoms with Crippen LogP contribution in [0.5, 0.6) is 17.2 Å². The van der Waals surface area contributed by atoms with Crippen LogP contribution in [0.15, 0.2) is 36.4 Å². The second kappa shape index (κ2) is 10.9. The molecule has 0 heterocycles. The molecule has 0 atom stereocenters. The fraction of sp³-hybridized carbons (Fsp3) is 0.364. The SMILES string of the molecule is CCCOc1ccc(C(=O)OCC(=O)Nc2cc(C)ccc2OC)cc1OCC. The van der Waals surface area contributed by atoms with Crippen LogP contribution in [-0.2, 0) is 9.53 Å². The summed E-state index contributed by atoms with van der Waals surface area (Å²) in [6.45, 7) is 6.31. The van der Waals surface area contributed by atoms with E-state index in [9.17, 15) is 9.59 Å². The molecule has 1 N–H and O–H groups in total. The summed E-state index contributed by atoms with van der Waals surface area (Å²) in [5, 5.41) is 2.69. The highest BCUT2D eigenvalue weighted by atomic mass is 16.5. The molecule has 1 amide bonds. The molecular weight excluding hydrogens is 374 g/mol. The Balaban J connectivity index is 2.00. The first kappa shape index (κ1) is 22.1. The molecule has 0 bridgehead atoms. The lowest BCUT2D eigenvalue weighted by molar-refractivity contribution is -0.119. The van der Waals surface area contributed by atoms with Crippen molar-refractivity contribution in [2.45, 2.75) is 27.2 Å². The Labute approximate surface area is 170 Å². The van der Waals surface area contributed by atoms with Crippen LogP contribution in [-0.4, -0.2) is 38.8 Å². The number of nitrogens with one attached hydrogen (secondary N) is 1. The number of methoxy groups -OCH3 is 1. The number of ether oxygens (including phenoxy) is 4. The highest BCUT2D eigenvalue weighted by molar-refractivity contribution is 5.96. The first-order chi connectivity index (χ1) is 14.0. The summed E-state index contributed by atoms with van der Waals surface area (Å²) < 4.78 is 21.5. The zero-order valence-electron chi connectivity index (χ0n) is 17.2. The van der Waals surface area contributed by atoms with Gasteiger partial charge in [0.1, 0.15) is 5.75 Å². The third kappa shape index (κ3) is 6.41. The summed E-state index contributed by atoms with van der Waals surface area (Å²) in [5.74, 6) is 0.465. The van der Waals surface area contributed by atoms with E-state index < -0.39 is 18.5 Å². The van der Waals surface area contributed by atoms with E-state index in [-0.39, 0.29) is 5.56 Å². The van der Waals surface area contributed by atoms with Crippen molar-refractivity contribution in [2.75, 3.05) is 32.2 Å². The van der Waals surface area contributed by atoms with E-state index in [1.54, 1.807) is 30.3 Å². The average Bonchev–Trinajstić information content (AvgIpc) is 2.71. The molecular formula is C22H27NO6. The molecule has 0 radical (unpaired) electrons. The molecule has 2 aromatic rings. The van der Waals surface area contributed by atoms with E-state index in [1.807, 2.05) is 26.8 Å². The number of aryl methyl sites for hydroxylation is 1. The van der Waals surface area contributed by atoms with Gasteiger partial charge in [-0.2, -0.15) is 0 Å². The molecule has 0 aliphatic rings. The van der Waals surface area contributed by atoms with Crippen LogP contribution in [0, 0.1) is 6.92 Å². The van der Waals surface area contributed by atoms with E-state index in [0.29, 0.717) is 36.1 Å². The third-order valence-electron chi connectivity index (χ3n) is 3.90. The minimum atomic E-state index is -0.626. The lowest BCUT2D eigenvalue weighted by Gasteiger charge is -2.13. The van der Waals surface area contributed by atoms with Gasteiger partial charge in [0.25, 0.3) is 5.91 Å². The van der Waals surface area contributed by atoms with Crippen LogP contribution in [0.1, 0.15) is 36.2 Å². The van der Waals surface area contributed by atoms with E-state index in [0.717, 1.165) is 12.0 Å². The van der Waals surface area contributed by atoms with Crippen molar-refractivity contribution in [3.63, 3.8) is 0 Å². The van der Waals surface area contributed by atoms with E-state index in [2.05, 4.69) is 5.32 Å². The standard InChI is InChI=1S/C22H27NO6/c1-5-11-28-19-10-8-16(13-20(19)27-6-2)22(25)29-14-21(24)23-17-12-15(3)7-9-18(17)26-4/h7-10,12-13H,5-6,11,14H2,1-4H3,(H,23,24). The van der Waals surface area contributed by atoms with Gasteiger partial charge < -0.3 is 24.3 Å². The normalized spacial score (nSPS) is 10.2. The smallest absolute Gasteiger partial charge is 0.338 e. The van der Waals surface area contributed by atoms with E-state index in [1.165, 1.54) is 7.11 Å². The predicted octanol–water partition coefficient (Wildman–Crippen LogP) is 3.99. The Bertz CT molecular complexity index is 849. The second-order valence-electron chi connectivity index (χ2n) is 6.27. The zero-order valence-corrected chi connectivity index (χ0v) is 17.2. The second-order valence-corrected chi connectivity index (χ2v) is 6.27. The van der Waals surface area contributed by atoms with Gasteiger partial charge in [-0.25, -0.2) is 4.79 Å². The number of hydrogen-bond acceptors (Lipinski definition) is 6. The van der Waals surface area contributed by atoms with Crippen molar-refractivity contribution >= 4 is 17.6 Å². The summed E-state index contributed by atoms with van der Waals surface area (Å²) in [6.07, 6.45) is 0.857. The first-order valence-electron chi connectivity index (χ1n) is 9.49. The minimum Gasteiger partial charge on any atom is -0.495 e. The third-order valence-corrected chi connectivity index (χ3v) is 3.90. The van der Waals surface area contributed by atoms with Crippen molar-refractivity contribution in [1.82, 2.24) is 0 Å². The van der Waals surface area contributed by atoms with Gasteiger partial charge in [-0.05, 0) is 56.2 Å². The van der Waals surface area contributed by atoms with Crippen molar-refractivity contribution in [3.05, 3.63) is 47.5 Å².